The predicted octanol–water partition coefficient (Wildman–Crippen LogP) is 2.03. The Balaban J connectivity index is 2.38. The van der Waals surface area contributed by atoms with E-state index in [9.17, 15) is 13.9 Å². The monoisotopic (exact) mass is 282 g/mol. The molecular formula is C14H12F2O2S. The fraction of sp³-hybridized carbons (Fsp3) is 0.286. The summed E-state index contributed by atoms with van der Waals surface area (Å²) in [5, 5.41) is 11.4. The molecule has 1 atom stereocenters. The Morgan fingerprint density at radius 3 is 2.95 bits per heavy atom. The molecule has 0 bridgehead atoms. The van der Waals surface area contributed by atoms with Crippen molar-refractivity contribution in [2.75, 3.05) is 6.61 Å². The first-order valence-electron chi connectivity index (χ1n) is 6.00. The number of aliphatic hydroxyl groups is 1. The van der Waals surface area contributed by atoms with Gasteiger partial charge in [-0.1, -0.05) is 18.2 Å². The molecule has 0 spiro atoms. The van der Waals surface area contributed by atoms with Crippen LogP contribution in [0.5, 0.6) is 0 Å². The third-order valence-electron chi connectivity index (χ3n) is 3.21. The van der Waals surface area contributed by atoms with E-state index in [1.54, 1.807) is 25.1 Å². The molecule has 2 nitrogen and oxygen atoms in total. The van der Waals surface area contributed by atoms with Crippen LogP contribution < -0.4 is 9.75 Å². The normalized spacial score (nSPS) is 22.4. The van der Waals surface area contributed by atoms with Gasteiger partial charge in [0.1, 0.15) is 5.82 Å². The van der Waals surface area contributed by atoms with Crippen molar-refractivity contribution in [1.82, 2.24) is 0 Å². The number of hydrogen-bond acceptors (Lipinski definition) is 3. The van der Waals surface area contributed by atoms with E-state index in [0.29, 0.717) is 15.3 Å². The molecular weight excluding hydrogens is 270 g/mol. The van der Waals surface area contributed by atoms with Crippen molar-refractivity contribution in [3.8, 4) is 0 Å². The van der Waals surface area contributed by atoms with E-state index in [2.05, 4.69) is 0 Å². The van der Waals surface area contributed by atoms with Crippen LogP contribution in [0, 0.1) is 5.82 Å². The van der Waals surface area contributed by atoms with E-state index in [4.69, 9.17) is 4.74 Å². The van der Waals surface area contributed by atoms with Crippen LogP contribution in [0.4, 0.5) is 8.78 Å². The molecule has 0 aliphatic heterocycles. The second-order valence-corrected chi connectivity index (χ2v) is 5.42. The SMILES string of the molecule is CCOC1(O)CC=c2c(sc3c(F)cccc23)=C1F. The fourth-order valence-corrected chi connectivity index (χ4v) is 3.55. The van der Waals surface area contributed by atoms with Crippen molar-refractivity contribution in [1.29, 1.82) is 0 Å². The van der Waals surface area contributed by atoms with Gasteiger partial charge in [-0.05, 0) is 18.2 Å². The summed E-state index contributed by atoms with van der Waals surface area (Å²) in [6, 6.07) is 4.69. The van der Waals surface area contributed by atoms with Gasteiger partial charge in [0.15, 0.2) is 5.83 Å². The van der Waals surface area contributed by atoms with E-state index in [1.165, 1.54) is 6.07 Å². The van der Waals surface area contributed by atoms with Crippen LogP contribution in [-0.4, -0.2) is 17.5 Å². The summed E-state index contributed by atoms with van der Waals surface area (Å²) in [4.78, 5) is 0. The van der Waals surface area contributed by atoms with Crippen LogP contribution in [0.15, 0.2) is 18.2 Å². The Bertz CT molecular complexity index is 766. The summed E-state index contributed by atoms with van der Waals surface area (Å²) in [7, 11) is 0. The molecule has 1 aliphatic carbocycles. The number of halogens is 2. The Hall–Kier alpha value is -1.30. The minimum Gasteiger partial charge on any atom is -0.360 e. The molecule has 1 N–H and O–H groups in total. The zero-order valence-corrected chi connectivity index (χ0v) is 11.1. The van der Waals surface area contributed by atoms with Gasteiger partial charge in [-0.15, -0.1) is 11.3 Å². The Morgan fingerprint density at radius 1 is 1.42 bits per heavy atom. The lowest BCUT2D eigenvalue weighted by atomic mass is 10.0. The highest BCUT2D eigenvalue weighted by atomic mass is 32.1. The van der Waals surface area contributed by atoms with Gasteiger partial charge in [0.05, 0.1) is 9.23 Å². The first kappa shape index (κ1) is 12.7. The van der Waals surface area contributed by atoms with Gasteiger partial charge in [-0.2, -0.15) is 0 Å². The average Bonchev–Trinajstić information content (AvgIpc) is 2.76. The fourth-order valence-electron chi connectivity index (χ4n) is 2.34. The van der Waals surface area contributed by atoms with E-state index in [0.717, 1.165) is 11.3 Å². The van der Waals surface area contributed by atoms with Crippen molar-refractivity contribution in [3.05, 3.63) is 33.8 Å². The van der Waals surface area contributed by atoms with Gasteiger partial charge in [0.25, 0.3) is 0 Å². The molecule has 19 heavy (non-hydrogen) atoms. The average molecular weight is 282 g/mol. The van der Waals surface area contributed by atoms with Crippen LogP contribution in [0.3, 0.4) is 0 Å². The van der Waals surface area contributed by atoms with Gasteiger partial charge < -0.3 is 9.84 Å². The molecule has 0 radical (unpaired) electrons. The molecule has 0 fully saturated rings. The molecule has 5 heteroatoms. The Morgan fingerprint density at radius 2 is 2.21 bits per heavy atom. The maximum absolute atomic E-state index is 14.4. The Labute approximate surface area is 112 Å². The predicted molar refractivity (Wildman–Crippen MR) is 71.2 cm³/mol. The van der Waals surface area contributed by atoms with Crippen LogP contribution >= 0.6 is 11.3 Å². The number of benzene rings is 1. The first-order valence-corrected chi connectivity index (χ1v) is 6.82. The van der Waals surface area contributed by atoms with Crippen molar-refractivity contribution >= 4 is 33.3 Å². The minimum absolute atomic E-state index is 0.0298. The van der Waals surface area contributed by atoms with Gasteiger partial charge >= 0.3 is 0 Å². The summed E-state index contributed by atoms with van der Waals surface area (Å²) in [6.45, 7) is 1.89. The van der Waals surface area contributed by atoms with Gasteiger partial charge in [0, 0.05) is 18.4 Å². The number of fused-ring (bicyclic) bond motifs is 3. The lowest BCUT2D eigenvalue weighted by molar-refractivity contribution is -0.159. The molecule has 1 aromatic heterocycles. The number of ether oxygens (including phenoxy) is 1. The highest BCUT2D eigenvalue weighted by molar-refractivity contribution is 7.17. The van der Waals surface area contributed by atoms with Crippen LogP contribution in [0.2, 0.25) is 0 Å². The summed E-state index contributed by atoms with van der Waals surface area (Å²) in [5.74, 6) is -3.02. The first-order chi connectivity index (χ1) is 9.07. The van der Waals surface area contributed by atoms with Crippen LogP contribution in [0.25, 0.3) is 22.0 Å². The number of thiophene rings is 1. The topological polar surface area (TPSA) is 29.5 Å². The van der Waals surface area contributed by atoms with Crippen molar-refractivity contribution in [2.45, 2.75) is 19.1 Å². The molecule has 1 aromatic carbocycles. The number of hydrogen-bond donors (Lipinski definition) is 1. The number of rotatable bonds is 2. The van der Waals surface area contributed by atoms with Crippen molar-refractivity contribution in [2.24, 2.45) is 0 Å². The molecule has 1 heterocycles. The summed E-state index contributed by atoms with van der Waals surface area (Å²) >= 11 is 1.00. The largest absolute Gasteiger partial charge is 0.360 e. The van der Waals surface area contributed by atoms with E-state index in [-0.39, 0.29) is 23.4 Å². The Kier molecular flexibility index (Phi) is 2.92. The maximum Gasteiger partial charge on any atom is 0.224 e. The second-order valence-electron chi connectivity index (χ2n) is 4.40. The zero-order chi connectivity index (χ0) is 13.6. The molecule has 3 rings (SSSR count). The van der Waals surface area contributed by atoms with Gasteiger partial charge in [-0.3, -0.25) is 0 Å². The maximum atomic E-state index is 14.4. The van der Waals surface area contributed by atoms with Crippen molar-refractivity contribution < 1.29 is 18.6 Å². The molecule has 1 aliphatic rings. The molecule has 1 unspecified atom stereocenters. The summed E-state index contributed by atoms with van der Waals surface area (Å²) in [5.41, 5.74) is 0. The van der Waals surface area contributed by atoms with E-state index < -0.39 is 11.6 Å². The third kappa shape index (κ3) is 1.81. The molecule has 0 saturated carbocycles. The smallest absolute Gasteiger partial charge is 0.224 e. The molecule has 100 valence electrons. The molecule has 2 aromatic rings. The molecule has 0 saturated heterocycles. The zero-order valence-electron chi connectivity index (χ0n) is 10.2. The van der Waals surface area contributed by atoms with Gasteiger partial charge in [-0.25, -0.2) is 8.78 Å². The summed E-state index contributed by atoms with van der Waals surface area (Å²) in [6.07, 6.45) is 1.73. The third-order valence-corrected chi connectivity index (χ3v) is 4.44. The van der Waals surface area contributed by atoms with E-state index in [1.807, 2.05) is 0 Å². The standard InChI is InChI=1S/C14H12F2O2S/c1-2-18-14(17)7-6-9-8-4-3-5-10(15)11(8)19-12(9)13(14)16/h3-6,17H,2,7H2,1H3. The quantitative estimate of drug-likeness (QED) is 0.854. The second kappa shape index (κ2) is 4.37. The van der Waals surface area contributed by atoms with Gasteiger partial charge in [0.2, 0.25) is 5.79 Å². The highest BCUT2D eigenvalue weighted by Gasteiger charge is 2.36. The lowest BCUT2D eigenvalue weighted by Crippen LogP contribution is -2.41. The summed E-state index contributed by atoms with van der Waals surface area (Å²) < 4.78 is 33.8. The highest BCUT2D eigenvalue weighted by Crippen LogP contribution is 2.29. The van der Waals surface area contributed by atoms with Crippen LogP contribution in [-0.2, 0) is 4.74 Å². The molecule has 0 amide bonds. The van der Waals surface area contributed by atoms with Crippen molar-refractivity contribution in [3.63, 3.8) is 0 Å². The van der Waals surface area contributed by atoms with E-state index >= 15 is 0 Å². The van der Waals surface area contributed by atoms with Crippen LogP contribution in [0.1, 0.15) is 13.3 Å². The lowest BCUT2D eigenvalue weighted by Gasteiger charge is -2.26. The minimum atomic E-state index is -1.92.